The Bertz CT molecular complexity index is 968. The molecule has 2 N–H and O–H groups in total. The molecule has 2 aromatic rings. The molecule has 30 heavy (non-hydrogen) atoms. The van der Waals surface area contributed by atoms with E-state index in [1.807, 2.05) is 54.8 Å². The van der Waals surface area contributed by atoms with Crippen LogP contribution in [-0.4, -0.2) is 43.4 Å². The summed E-state index contributed by atoms with van der Waals surface area (Å²) in [6.45, 7) is 6.25. The maximum Gasteiger partial charge on any atom is 0.407 e. The predicted molar refractivity (Wildman–Crippen MR) is 113 cm³/mol. The lowest BCUT2D eigenvalue weighted by molar-refractivity contribution is -0.117. The zero-order valence-electron chi connectivity index (χ0n) is 17.6. The first kappa shape index (κ1) is 22.6. The largest absolute Gasteiger partial charge is 0.497 e. The zero-order valence-corrected chi connectivity index (χ0v) is 17.6. The highest BCUT2D eigenvalue weighted by molar-refractivity contribution is 6.01. The third kappa shape index (κ3) is 5.64. The molecule has 0 bridgehead atoms. The molecule has 0 atom stereocenters. The van der Waals surface area contributed by atoms with E-state index in [2.05, 4.69) is 10.6 Å². The average Bonchev–Trinajstić information content (AvgIpc) is 3.02. The van der Waals surface area contributed by atoms with Crippen LogP contribution in [0.15, 0.2) is 35.9 Å². The fourth-order valence-electron chi connectivity index (χ4n) is 2.98. The number of carbonyl (C=O) groups is 2. The normalized spacial score (nSPS) is 10.8. The monoisotopic (exact) mass is 410 g/mol. The van der Waals surface area contributed by atoms with Crippen molar-refractivity contribution in [1.82, 2.24) is 15.2 Å². The van der Waals surface area contributed by atoms with E-state index in [1.54, 1.807) is 20.1 Å². The van der Waals surface area contributed by atoms with Crippen molar-refractivity contribution in [2.45, 2.75) is 20.8 Å². The van der Waals surface area contributed by atoms with Gasteiger partial charge in [0.1, 0.15) is 17.4 Å². The van der Waals surface area contributed by atoms with E-state index in [-0.39, 0.29) is 25.3 Å². The highest BCUT2D eigenvalue weighted by Crippen LogP contribution is 2.24. The van der Waals surface area contributed by atoms with Gasteiger partial charge in [-0.25, -0.2) is 4.79 Å². The number of nitrogens with zero attached hydrogens (tertiary/aromatic N) is 2. The van der Waals surface area contributed by atoms with Gasteiger partial charge in [-0.15, -0.1) is 0 Å². The Hall–Kier alpha value is -3.73. The fourth-order valence-corrected chi connectivity index (χ4v) is 2.98. The molecule has 2 amide bonds. The van der Waals surface area contributed by atoms with Gasteiger partial charge in [-0.3, -0.25) is 4.79 Å². The summed E-state index contributed by atoms with van der Waals surface area (Å²) < 4.78 is 12.0. The third-order valence-corrected chi connectivity index (χ3v) is 4.42. The molecule has 0 unspecified atom stereocenters. The maximum atomic E-state index is 12.3. The van der Waals surface area contributed by atoms with Gasteiger partial charge in [0.25, 0.3) is 5.91 Å². The van der Waals surface area contributed by atoms with Gasteiger partial charge in [0.2, 0.25) is 0 Å². The second-order valence-corrected chi connectivity index (χ2v) is 6.43. The number of aryl methyl sites for hydroxylation is 1. The molecule has 1 heterocycles. The van der Waals surface area contributed by atoms with Crippen LogP contribution < -0.4 is 15.4 Å². The number of aromatic nitrogens is 1. The number of ether oxygens (including phenoxy) is 2. The number of nitriles is 1. The zero-order chi connectivity index (χ0) is 22.1. The van der Waals surface area contributed by atoms with Crippen molar-refractivity contribution in [1.29, 1.82) is 5.26 Å². The van der Waals surface area contributed by atoms with Gasteiger partial charge in [0.15, 0.2) is 0 Å². The smallest absolute Gasteiger partial charge is 0.407 e. The van der Waals surface area contributed by atoms with Crippen molar-refractivity contribution < 1.29 is 19.1 Å². The molecular formula is C22H26N4O4. The summed E-state index contributed by atoms with van der Waals surface area (Å²) >= 11 is 0. The average molecular weight is 410 g/mol. The Balaban J connectivity index is 2.12. The van der Waals surface area contributed by atoms with Crippen molar-refractivity contribution in [2.75, 3.05) is 26.8 Å². The predicted octanol–water partition coefficient (Wildman–Crippen LogP) is 2.87. The number of benzene rings is 1. The molecule has 0 aliphatic rings. The molecule has 0 saturated carbocycles. The molecule has 0 aliphatic heterocycles. The van der Waals surface area contributed by atoms with Crippen molar-refractivity contribution >= 4 is 18.1 Å². The third-order valence-electron chi connectivity index (χ3n) is 4.42. The summed E-state index contributed by atoms with van der Waals surface area (Å²) in [6, 6.07) is 11.5. The first-order chi connectivity index (χ1) is 14.4. The Morgan fingerprint density at radius 3 is 2.43 bits per heavy atom. The first-order valence-corrected chi connectivity index (χ1v) is 9.55. The second-order valence-electron chi connectivity index (χ2n) is 6.43. The van der Waals surface area contributed by atoms with Gasteiger partial charge < -0.3 is 24.7 Å². The van der Waals surface area contributed by atoms with Crippen LogP contribution in [0.3, 0.4) is 0 Å². The summed E-state index contributed by atoms with van der Waals surface area (Å²) in [4.78, 5) is 23.6. The van der Waals surface area contributed by atoms with Crippen LogP contribution in [0, 0.1) is 25.2 Å². The minimum absolute atomic E-state index is 0.0129. The SMILES string of the molecule is CCOC(=O)NCCNC(=O)/C(C#N)=C\c1cc(C)n(-c2ccc(OC)cc2)c1C. The van der Waals surface area contributed by atoms with E-state index in [4.69, 9.17) is 9.47 Å². The Morgan fingerprint density at radius 2 is 1.83 bits per heavy atom. The number of amides is 2. The highest BCUT2D eigenvalue weighted by Gasteiger charge is 2.14. The van der Waals surface area contributed by atoms with Crippen molar-refractivity contribution in [3.63, 3.8) is 0 Å². The van der Waals surface area contributed by atoms with Crippen molar-refractivity contribution in [3.8, 4) is 17.5 Å². The van der Waals surface area contributed by atoms with Crippen LogP contribution >= 0.6 is 0 Å². The topological polar surface area (TPSA) is 105 Å². The van der Waals surface area contributed by atoms with Gasteiger partial charge >= 0.3 is 6.09 Å². The van der Waals surface area contributed by atoms with Crippen LogP contribution in [0.25, 0.3) is 11.8 Å². The minimum atomic E-state index is -0.547. The summed E-state index contributed by atoms with van der Waals surface area (Å²) in [7, 11) is 1.62. The first-order valence-electron chi connectivity index (χ1n) is 9.55. The molecule has 8 nitrogen and oxygen atoms in total. The summed E-state index contributed by atoms with van der Waals surface area (Å²) in [5.74, 6) is 0.264. The molecule has 0 radical (unpaired) electrons. The Labute approximate surface area is 176 Å². The number of hydrogen-bond donors (Lipinski definition) is 2. The molecule has 1 aromatic carbocycles. The fraction of sp³-hybridized carbons (Fsp3) is 0.318. The molecular weight excluding hydrogens is 384 g/mol. The van der Waals surface area contributed by atoms with E-state index in [1.165, 1.54) is 0 Å². The van der Waals surface area contributed by atoms with Gasteiger partial charge in [0, 0.05) is 30.2 Å². The molecule has 0 aliphatic carbocycles. The number of hydrogen-bond acceptors (Lipinski definition) is 5. The van der Waals surface area contributed by atoms with Crippen LogP contribution in [0.2, 0.25) is 0 Å². The van der Waals surface area contributed by atoms with E-state index in [0.717, 1.165) is 28.4 Å². The van der Waals surface area contributed by atoms with Crippen molar-refractivity contribution in [2.24, 2.45) is 0 Å². The molecule has 8 heteroatoms. The number of rotatable bonds is 8. The molecule has 0 fully saturated rings. The van der Waals surface area contributed by atoms with Gasteiger partial charge in [-0.2, -0.15) is 5.26 Å². The Kier molecular flexibility index (Phi) is 8.06. The number of methoxy groups -OCH3 is 1. The van der Waals surface area contributed by atoms with Gasteiger partial charge in [-0.1, -0.05) is 0 Å². The summed E-state index contributed by atoms with van der Waals surface area (Å²) in [6.07, 6.45) is 1.02. The van der Waals surface area contributed by atoms with Crippen LogP contribution in [0.5, 0.6) is 5.75 Å². The van der Waals surface area contributed by atoms with Crippen molar-refractivity contribution in [3.05, 3.63) is 52.9 Å². The summed E-state index contributed by atoms with van der Waals surface area (Å²) in [5.41, 5.74) is 3.60. The maximum absolute atomic E-state index is 12.3. The van der Waals surface area contributed by atoms with E-state index >= 15 is 0 Å². The second kappa shape index (κ2) is 10.7. The van der Waals surface area contributed by atoms with Gasteiger partial charge in [-0.05, 0) is 62.7 Å². The standard InChI is InChI=1S/C22H26N4O4/c1-5-30-22(28)25-11-10-24-21(27)18(14-23)13-17-12-15(2)26(16(17)3)19-6-8-20(29-4)9-7-19/h6-9,12-13H,5,10-11H2,1-4H3,(H,24,27)(H,25,28)/b18-13-. The van der Waals surface area contributed by atoms with E-state index in [9.17, 15) is 14.9 Å². The number of carbonyl (C=O) groups excluding carboxylic acids is 2. The van der Waals surface area contributed by atoms with E-state index < -0.39 is 12.0 Å². The molecule has 0 saturated heterocycles. The molecule has 2 rings (SSSR count). The summed E-state index contributed by atoms with van der Waals surface area (Å²) in [5, 5.41) is 14.5. The van der Waals surface area contributed by atoms with Crippen LogP contribution in [0.1, 0.15) is 23.9 Å². The Morgan fingerprint density at radius 1 is 1.17 bits per heavy atom. The highest BCUT2D eigenvalue weighted by atomic mass is 16.5. The number of alkyl carbamates (subject to hydrolysis) is 1. The lowest BCUT2D eigenvalue weighted by Gasteiger charge is -2.10. The van der Waals surface area contributed by atoms with E-state index in [0.29, 0.717) is 0 Å². The molecule has 158 valence electrons. The van der Waals surface area contributed by atoms with Crippen LogP contribution in [0.4, 0.5) is 4.79 Å². The molecule has 0 spiro atoms. The lowest BCUT2D eigenvalue weighted by Crippen LogP contribution is -2.35. The lowest BCUT2D eigenvalue weighted by atomic mass is 10.1. The quantitative estimate of drug-likeness (QED) is 0.395. The number of nitrogens with one attached hydrogen (secondary N) is 2. The molecule has 1 aromatic heterocycles. The van der Waals surface area contributed by atoms with Crippen LogP contribution in [-0.2, 0) is 9.53 Å². The van der Waals surface area contributed by atoms with Gasteiger partial charge in [0.05, 0.1) is 13.7 Å². The minimum Gasteiger partial charge on any atom is -0.497 e.